The maximum absolute atomic E-state index is 12.7. The molecular weight excluding hydrogens is 296 g/mol. The Kier molecular flexibility index (Phi) is 4.20. The van der Waals surface area contributed by atoms with Crippen molar-refractivity contribution < 1.29 is 14.3 Å². The molecule has 0 spiro atoms. The van der Waals surface area contributed by atoms with Gasteiger partial charge in [-0.25, -0.2) is 0 Å². The fourth-order valence-corrected chi connectivity index (χ4v) is 2.59. The number of anilines is 1. The van der Waals surface area contributed by atoms with E-state index < -0.39 is 0 Å². The molecule has 1 saturated heterocycles. The number of nitrogens with zero attached hydrogens (tertiary/aromatic N) is 3. The molecule has 1 aliphatic heterocycles. The molecule has 120 valence electrons. The molecule has 1 aliphatic rings. The average Bonchev–Trinajstić information content (AvgIpc) is 2.55. The highest BCUT2D eigenvalue weighted by molar-refractivity contribution is 6.09. The minimum Gasteiger partial charge on any atom is -0.378 e. The molecule has 0 unspecified atom stereocenters. The first-order valence-electron chi connectivity index (χ1n) is 7.48. The summed E-state index contributed by atoms with van der Waals surface area (Å²) in [5.41, 5.74) is 2.24. The van der Waals surface area contributed by atoms with Gasteiger partial charge in [-0.2, -0.15) is 0 Å². The molecular formula is C16H18N4O3. The summed E-state index contributed by atoms with van der Waals surface area (Å²) in [6.45, 7) is 5.37. The monoisotopic (exact) mass is 314 g/mol. The molecule has 3 rings (SSSR count). The predicted molar refractivity (Wildman–Crippen MR) is 85.3 cm³/mol. The van der Waals surface area contributed by atoms with Crippen molar-refractivity contribution in [2.24, 2.45) is 0 Å². The zero-order valence-electron chi connectivity index (χ0n) is 13.1. The standard InChI is InChI=1S/C16H18N4O3/c1-10-3-4-13-12(9-10)14(17-11(2)21)15(19-18-13)16(22)20-5-7-23-8-6-20/h3-4,9H,5-8H2,1-2H3,(H,17,18,21). The lowest BCUT2D eigenvalue weighted by atomic mass is 10.1. The number of amides is 2. The Hall–Kier alpha value is -2.54. The molecule has 0 atom stereocenters. The van der Waals surface area contributed by atoms with Crippen molar-refractivity contribution in [3.63, 3.8) is 0 Å². The zero-order valence-corrected chi connectivity index (χ0v) is 13.1. The van der Waals surface area contributed by atoms with Crippen molar-refractivity contribution in [1.29, 1.82) is 0 Å². The minimum absolute atomic E-state index is 0.167. The third-order valence-corrected chi connectivity index (χ3v) is 3.72. The fraction of sp³-hybridized carbons (Fsp3) is 0.375. The van der Waals surface area contributed by atoms with Crippen LogP contribution in [-0.4, -0.2) is 53.2 Å². The van der Waals surface area contributed by atoms with Crippen LogP contribution >= 0.6 is 0 Å². The quantitative estimate of drug-likeness (QED) is 0.905. The predicted octanol–water partition coefficient (Wildman–Crippen LogP) is 1.37. The number of hydrogen-bond donors (Lipinski definition) is 1. The third kappa shape index (κ3) is 3.14. The van der Waals surface area contributed by atoms with Gasteiger partial charge in [0, 0.05) is 25.4 Å². The van der Waals surface area contributed by atoms with Crippen LogP contribution in [0.5, 0.6) is 0 Å². The van der Waals surface area contributed by atoms with Crippen molar-refractivity contribution in [2.75, 3.05) is 31.6 Å². The van der Waals surface area contributed by atoms with Gasteiger partial charge in [0.25, 0.3) is 5.91 Å². The summed E-state index contributed by atoms with van der Waals surface area (Å²) in [5.74, 6) is -0.496. The molecule has 1 N–H and O–H groups in total. The Balaban J connectivity index is 2.11. The van der Waals surface area contributed by atoms with E-state index in [1.54, 1.807) is 4.90 Å². The maximum Gasteiger partial charge on any atom is 0.276 e. The van der Waals surface area contributed by atoms with Crippen LogP contribution in [0.15, 0.2) is 18.2 Å². The van der Waals surface area contributed by atoms with Crippen molar-refractivity contribution >= 4 is 28.4 Å². The Morgan fingerprint density at radius 3 is 2.65 bits per heavy atom. The Bertz CT molecular complexity index is 769. The van der Waals surface area contributed by atoms with Crippen LogP contribution in [0.3, 0.4) is 0 Å². The number of carbonyl (C=O) groups is 2. The van der Waals surface area contributed by atoms with E-state index in [0.717, 1.165) is 5.56 Å². The van der Waals surface area contributed by atoms with Gasteiger partial charge in [0.15, 0.2) is 5.69 Å². The lowest BCUT2D eigenvalue weighted by molar-refractivity contribution is -0.114. The number of morpholine rings is 1. The van der Waals surface area contributed by atoms with Crippen molar-refractivity contribution in [1.82, 2.24) is 15.1 Å². The first-order chi connectivity index (χ1) is 11.1. The van der Waals surface area contributed by atoms with Crippen molar-refractivity contribution in [2.45, 2.75) is 13.8 Å². The van der Waals surface area contributed by atoms with E-state index in [2.05, 4.69) is 15.5 Å². The number of aryl methyl sites for hydroxylation is 1. The summed E-state index contributed by atoms with van der Waals surface area (Å²) >= 11 is 0. The van der Waals surface area contributed by atoms with Gasteiger partial charge in [-0.3, -0.25) is 9.59 Å². The van der Waals surface area contributed by atoms with Crippen LogP contribution in [0.25, 0.3) is 10.9 Å². The number of rotatable bonds is 2. The highest BCUT2D eigenvalue weighted by Crippen LogP contribution is 2.26. The number of ether oxygens (including phenoxy) is 1. The molecule has 23 heavy (non-hydrogen) atoms. The van der Waals surface area contributed by atoms with E-state index >= 15 is 0 Å². The first-order valence-corrected chi connectivity index (χ1v) is 7.48. The summed E-state index contributed by atoms with van der Waals surface area (Å²) in [7, 11) is 0. The Morgan fingerprint density at radius 2 is 1.96 bits per heavy atom. The van der Waals surface area contributed by atoms with Gasteiger partial charge in [0.2, 0.25) is 5.91 Å². The van der Waals surface area contributed by atoms with Crippen LogP contribution in [0, 0.1) is 6.92 Å². The van der Waals surface area contributed by atoms with Gasteiger partial charge in [-0.1, -0.05) is 11.6 Å². The van der Waals surface area contributed by atoms with Gasteiger partial charge in [-0.15, -0.1) is 10.2 Å². The normalized spacial score (nSPS) is 14.8. The van der Waals surface area contributed by atoms with E-state index in [1.807, 2.05) is 25.1 Å². The third-order valence-electron chi connectivity index (χ3n) is 3.72. The fourth-order valence-electron chi connectivity index (χ4n) is 2.59. The van der Waals surface area contributed by atoms with E-state index in [1.165, 1.54) is 6.92 Å². The lowest BCUT2D eigenvalue weighted by Gasteiger charge is -2.27. The van der Waals surface area contributed by atoms with E-state index in [-0.39, 0.29) is 17.5 Å². The molecule has 7 nitrogen and oxygen atoms in total. The van der Waals surface area contributed by atoms with Crippen molar-refractivity contribution in [3.05, 3.63) is 29.5 Å². The summed E-state index contributed by atoms with van der Waals surface area (Å²) in [4.78, 5) is 26.0. The van der Waals surface area contributed by atoms with E-state index in [4.69, 9.17) is 4.74 Å². The lowest BCUT2D eigenvalue weighted by Crippen LogP contribution is -2.41. The van der Waals surface area contributed by atoms with Gasteiger partial charge in [-0.05, 0) is 19.1 Å². The number of benzene rings is 1. The molecule has 0 bridgehead atoms. The molecule has 2 heterocycles. The van der Waals surface area contributed by atoms with Crippen LogP contribution < -0.4 is 5.32 Å². The molecule has 1 fully saturated rings. The SMILES string of the molecule is CC(=O)Nc1c(C(=O)N2CCOCC2)nnc2ccc(C)cc12. The topological polar surface area (TPSA) is 84.4 Å². The second kappa shape index (κ2) is 6.29. The molecule has 1 aromatic carbocycles. The maximum atomic E-state index is 12.7. The molecule has 0 saturated carbocycles. The molecule has 0 aliphatic carbocycles. The number of carbonyl (C=O) groups excluding carboxylic acids is 2. The van der Waals surface area contributed by atoms with Crippen LogP contribution in [0.1, 0.15) is 23.0 Å². The smallest absolute Gasteiger partial charge is 0.276 e. The Labute approximate surface area is 133 Å². The minimum atomic E-state index is -0.253. The highest BCUT2D eigenvalue weighted by atomic mass is 16.5. The summed E-state index contributed by atoms with van der Waals surface area (Å²) in [6.07, 6.45) is 0. The second-order valence-electron chi connectivity index (χ2n) is 5.53. The van der Waals surface area contributed by atoms with E-state index in [9.17, 15) is 9.59 Å². The van der Waals surface area contributed by atoms with Gasteiger partial charge >= 0.3 is 0 Å². The summed E-state index contributed by atoms with van der Waals surface area (Å²) in [5, 5.41) is 11.7. The molecule has 0 radical (unpaired) electrons. The van der Waals surface area contributed by atoms with Gasteiger partial charge in [0.1, 0.15) is 0 Å². The zero-order chi connectivity index (χ0) is 16.4. The number of aromatic nitrogens is 2. The first kappa shape index (κ1) is 15.4. The van der Waals surface area contributed by atoms with Gasteiger partial charge in [0.05, 0.1) is 24.4 Å². The average molecular weight is 314 g/mol. The Morgan fingerprint density at radius 1 is 1.22 bits per heavy atom. The molecule has 2 aromatic rings. The van der Waals surface area contributed by atoms with Crippen molar-refractivity contribution in [3.8, 4) is 0 Å². The van der Waals surface area contributed by atoms with E-state index in [0.29, 0.717) is 42.9 Å². The van der Waals surface area contributed by atoms with Gasteiger partial charge < -0.3 is 15.0 Å². The molecule has 2 amide bonds. The number of nitrogens with one attached hydrogen (secondary N) is 1. The summed E-state index contributed by atoms with van der Waals surface area (Å²) < 4.78 is 5.27. The van der Waals surface area contributed by atoms with Crippen LogP contribution in [0.2, 0.25) is 0 Å². The number of fused-ring (bicyclic) bond motifs is 1. The summed E-state index contributed by atoms with van der Waals surface area (Å²) in [6, 6.07) is 5.63. The number of hydrogen-bond acceptors (Lipinski definition) is 5. The largest absolute Gasteiger partial charge is 0.378 e. The highest BCUT2D eigenvalue weighted by Gasteiger charge is 2.25. The molecule has 7 heteroatoms. The van der Waals surface area contributed by atoms with Crippen LogP contribution in [-0.2, 0) is 9.53 Å². The second-order valence-corrected chi connectivity index (χ2v) is 5.53. The molecule has 1 aromatic heterocycles. The van der Waals surface area contributed by atoms with Crippen LogP contribution in [0.4, 0.5) is 5.69 Å².